The third-order valence-corrected chi connectivity index (χ3v) is 2.26. The van der Waals surface area contributed by atoms with Crippen LogP contribution >= 0.6 is 0 Å². The van der Waals surface area contributed by atoms with Gasteiger partial charge in [0.2, 0.25) is 5.91 Å². The van der Waals surface area contributed by atoms with Crippen molar-refractivity contribution in [1.29, 1.82) is 0 Å². The summed E-state index contributed by atoms with van der Waals surface area (Å²) in [5.41, 5.74) is 0. The number of nitrogens with one attached hydrogen (secondary N) is 2. The number of carbonyl (C=O) groups excluding carboxylic acids is 1. The van der Waals surface area contributed by atoms with Crippen molar-refractivity contribution in [3.05, 3.63) is 0 Å². The topological polar surface area (TPSA) is 41.1 Å². The molecule has 0 radical (unpaired) electrons. The van der Waals surface area contributed by atoms with Gasteiger partial charge in [-0.15, -0.1) is 0 Å². The highest BCUT2D eigenvalue weighted by molar-refractivity contribution is 5.76. The van der Waals surface area contributed by atoms with Crippen LogP contribution in [-0.4, -0.2) is 25.0 Å². The number of hydrogen-bond donors (Lipinski definition) is 2. The molecule has 76 valence electrons. The fourth-order valence-electron chi connectivity index (χ4n) is 1.63. The van der Waals surface area contributed by atoms with Gasteiger partial charge >= 0.3 is 0 Å². The van der Waals surface area contributed by atoms with Gasteiger partial charge in [-0.05, 0) is 25.3 Å². The zero-order valence-corrected chi connectivity index (χ0v) is 8.60. The lowest BCUT2D eigenvalue weighted by molar-refractivity contribution is -0.122. The van der Waals surface area contributed by atoms with Gasteiger partial charge in [0.15, 0.2) is 0 Å². The third kappa shape index (κ3) is 4.27. The number of amides is 1. The second-order valence-electron chi connectivity index (χ2n) is 4.21. The summed E-state index contributed by atoms with van der Waals surface area (Å²) in [7, 11) is 0. The summed E-state index contributed by atoms with van der Waals surface area (Å²) in [6, 6.07) is 0.361. The average molecular weight is 184 g/mol. The van der Waals surface area contributed by atoms with Crippen molar-refractivity contribution in [3.8, 4) is 0 Å². The lowest BCUT2D eigenvalue weighted by atomic mass is 10.1. The summed E-state index contributed by atoms with van der Waals surface area (Å²) in [6.07, 6.45) is 2.94. The van der Waals surface area contributed by atoms with Crippen molar-refractivity contribution >= 4 is 5.91 Å². The first-order valence-electron chi connectivity index (χ1n) is 5.18. The largest absolute Gasteiger partial charge is 0.352 e. The molecule has 0 bridgehead atoms. The van der Waals surface area contributed by atoms with Crippen LogP contribution in [0.1, 0.15) is 33.1 Å². The maximum atomic E-state index is 11.4. The molecule has 0 spiro atoms. The zero-order chi connectivity index (χ0) is 9.68. The smallest absolute Gasteiger partial charge is 0.220 e. The van der Waals surface area contributed by atoms with Gasteiger partial charge in [-0.25, -0.2) is 0 Å². The van der Waals surface area contributed by atoms with Crippen molar-refractivity contribution < 1.29 is 4.79 Å². The molecular formula is C10H20N2O. The van der Waals surface area contributed by atoms with Crippen LogP contribution in [0.15, 0.2) is 0 Å². The SMILES string of the molecule is CC(C)CC(=O)N[C@H]1CCCNC1. The van der Waals surface area contributed by atoms with Crippen molar-refractivity contribution in [2.24, 2.45) is 5.92 Å². The van der Waals surface area contributed by atoms with E-state index in [1.165, 1.54) is 6.42 Å². The fourth-order valence-corrected chi connectivity index (χ4v) is 1.63. The highest BCUT2D eigenvalue weighted by Gasteiger charge is 2.15. The van der Waals surface area contributed by atoms with Crippen LogP contribution in [0.3, 0.4) is 0 Å². The molecule has 3 heteroatoms. The molecule has 0 aromatic carbocycles. The number of rotatable bonds is 3. The Morgan fingerprint density at radius 1 is 1.62 bits per heavy atom. The number of piperidine rings is 1. The Labute approximate surface area is 80.3 Å². The summed E-state index contributed by atoms with van der Waals surface area (Å²) >= 11 is 0. The van der Waals surface area contributed by atoms with E-state index < -0.39 is 0 Å². The predicted molar refractivity (Wildman–Crippen MR) is 53.5 cm³/mol. The lowest BCUT2D eigenvalue weighted by Gasteiger charge is -2.24. The van der Waals surface area contributed by atoms with Gasteiger partial charge in [0.1, 0.15) is 0 Å². The van der Waals surface area contributed by atoms with Gasteiger partial charge in [0, 0.05) is 19.0 Å². The monoisotopic (exact) mass is 184 g/mol. The average Bonchev–Trinajstić information content (AvgIpc) is 2.04. The minimum Gasteiger partial charge on any atom is -0.352 e. The maximum absolute atomic E-state index is 11.4. The standard InChI is InChI=1S/C10H20N2O/c1-8(2)6-10(13)12-9-4-3-5-11-7-9/h8-9,11H,3-7H2,1-2H3,(H,12,13)/t9-/m0/s1. The van der Waals surface area contributed by atoms with E-state index in [0.717, 1.165) is 19.5 Å². The van der Waals surface area contributed by atoms with E-state index >= 15 is 0 Å². The molecule has 0 unspecified atom stereocenters. The van der Waals surface area contributed by atoms with Gasteiger partial charge in [-0.2, -0.15) is 0 Å². The molecule has 1 aliphatic rings. The van der Waals surface area contributed by atoms with Crippen molar-refractivity contribution in [3.63, 3.8) is 0 Å². The molecule has 0 aromatic heterocycles. The van der Waals surface area contributed by atoms with Crippen LogP contribution in [-0.2, 0) is 4.79 Å². The summed E-state index contributed by atoms with van der Waals surface area (Å²) < 4.78 is 0. The van der Waals surface area contributed by atoms with E-state index in [2.05, 4.69) is 24.5 Å². The second-order valence-corrected chi connectivity index (χ2v) is 4.21. The molecule has 3 nitrogen and oxygen atoms in total. The highest BCUT2D eigenvalue weighted by Crippen LogP contribution is 2.03. The summed E-state index contributed by atoms with van der Waals surface area (Å²) in [5.74, 6) is 0.653. The fraction of sp³-hybridized carbons (Fsp3) is 0.900. The predicted octanol–water partition coefficient (Wildman–Crippen LogP) is 0.901. The molecule has 1 rings (SSSR count). The molecular weight excluding hydrogens is 164 g/mol. The van der Waals surface area contributed by atoms with E-state index in [9.17, 15) is 4.79 Å². The molecule has 1 fully saturated rings. The van der Waals surface area contributed by atoms with Gasteiger partial charge in [-0.1, -0.05) is 13.8 Å². The van der Waals surface area contributed by atoms with E-state index in [1.807, 2.05) is 0 Å². The van der Waals surface area contributed by atoms with Crippen LogP contribution < -0.4 is 10.6 Å². The molecule has 1 saturated heterocycles. The molecule has 1 aliphatic heterocycles. The molecule has 2 N–H and O–H groups in total. The molecule has 0 saturated carbocycles. The van der Waals surface area contributed by atoms with Gasteiger partial charge in [0.25, 0.3) is 0 Å². The quantitative estimate of drug-likeness (QED) is 0.684. The third-order valence-electron chi connectivity index (χ3n) is 2.26. The van der Waals surface area contributed by atoms with Crippen LogP contribution in [0.5, 0.6) is 0 Å². The maximum Gasteiger partial charge on any atom is 0.220 e. The lowest BCUT2D eigenvalue weighted by Crippen LogP contribution is -2.45. The van der Waals surface area contributed by atoms with E-state index in [4.69, 9.17) is 0 Å². The van der Waals surface area contributed by atoms with Crippen molar-refractivity contribution in [2.45, 2.75) is 39.2 Å². The first-order valence-corrected chi connectivity index (χ1v) is 5.18. The Balaban J connectivity index is 2.18. The molecule has 0 aromatic rings. The van der Waals surface area contributed by atoms with E-state index in [-0.39, 0.29) is 5.91 Å². The molecule has 0 aliphatic carbocycles. The van der Waals surface area contributed by atoms with Gasteiger partial charge < -0.3 is 10.6 Å². The summed E-state index contributed by atoms with van der Waals surface area (Å²) in [4.78, 5) is 11.4. The van der Waals surface area contributed by atoms with Gasteiger partial charge in [0.05, 0.1) is 0 Å². The van der Waals surface area contributed by atoms with Crippen molar-refractivity contribution in [2.75, 3.05) is 13.1 Å². The summed E-state index contributed by atoms with van der Waals surface area (Å²) in [5, 5.41) is 6.33. The van der Waals surface area contributed by atoms with E-state index in [0.29, 0.717) is 18.4 Å². The van der Waals surface area contributed by atoms with Crippen LogP contribution in [0.4, 0.5) is 0 Å². The second kappa shape index (κ2) is 5.22. The van der Waals surface area contributed by atoms with Crippen LogP contribution in [0.2, 0.25) is 0 Å². The highest BCUT2D eigenvalue weighted by atomic mass is 16.1. The number of hydrogen-bond acceptors (Lipinski definition) is 2. The Bertz CT molecular complexity index is 162. The molecule has 1 heterocycles. The first-order chi connectivity index (χ1) is 6.18. The Morgan fingerprint density at radius 2 is 2.38 bits per heavy atom. The minimum atomic E-state index is 0.198. The van der Waals surface area contributed by atoms with Crippen molar-refractivity contribution in [1.82, 2.24) is 10.6 Å². The van der Waals surface area contributed by atoms with Crippen LogP contribution in [0, 0.1) is 5.92 Å². The van der Waals surface area contributed by atoms with E-state index in [1.54, 1.807) is 0 Å². The summed E-state index contributed by atoms with van der Waals surface area (Å²) in [6.45, 7) is 6.16. The minimum absolute atomic E-state index is 0.198. The zero-order valence-electron chi connectivity index (χ0n) is 8.60. The van der Waals surface area contributed by atoms with Gasteiger partial charge in [-0.3, -0.25) is 4.79 Å². The molecule has 1 amide bonds. The number of carbonyl (C=O) groups is 1. The normalized spacial score (nSPS) is 23.2. The van der Waals surface area contributed by atoms with Crippen LogP contribution in [0.25, 0.3) is 0 Å². The first kappa shape index (κ1) is 10.5. The Kier molecular flexibility index (Phi) is 4.22. The Morgan fingerprint density at radius 3 is 2.92 bits per heavy atom. The molecule has 13 heavy (non-hydrogen) atoms. The Hall–Kier alpha value is -0.570. The molecule has 1 atom stereocenters.